The Bertz CT molecular complexity index is 575. The number of aryl methyl sites for hydroxylation is 2. The topological polar surface area (TPSA) is 54.0 Å². The summed E-state index contributed by atoms with van der Waals surface area (Å²) in [4.78, 5) is 17.1. The number of anilines is 2. The molecule has 4 nitrogen and oxygen atoms in total. The normalized spacial score (nSPS) is 10.3. The van der Waals surface area contributed by atoms with E-state index in [2.05, 4.69) is 22.5 Å². The van der Waals surface area contributed by atoms with Crippen LogP contribution in [-0.4, -0.2) is 17.9 Å². The highest BCUT2D eigenvalue weighted by molar-refractivity contribution is 7.17. The number of benzene rings is 1. The second-order valence-electron chi connectivity index (χ2n) is 4.19. The molecular weight excluding hydrogens is 258 g/mol. The van der Waals surface area contributed by atoms with E-state index >= 15 is 0 Å². The first-order valence-corrected chi connectivity index (χ1v) is 7.01. The largest absolute Gasteiger partial charge is 0.365 e. The summed E-state index contributed by atoms with van der Waals surface area (Å²) in [6.07, 6.45) is 0.994. The first-order valence-electron chi connectivity index (χ1n) is 6.19. The number of nitrogens with zero attached hydrogens (tertiary/aromatic N) is 1. The lowest BCUT2D eigenvalue weighted by molar-refractivity contribution is 0.103. The Morgan fingerprint density at radius 3 is 2.53 bits per heavy atom. The van der Waals surface area contributed by atoms with E-state index in [1.807, 2.05) is 31.2 Å². The lowest BCUT2D eigenvalue weighted by Gasteiger charge is -2.04. The maximum atomic E-state index is 12.2. The first kappa shape index (κ1) is 13.5. The quantitative estimate of drug-likeness (QED) is 0.900. The Kier molecular flexibility index (Phi) is 4.16. The van der Waals surface area contributed by atoms with Crippen LogP contribution in [0.5, 0.6) is 0 Å². The highest BCUT2D eigenvalue weighted by Gasteiger charge is 2.14. The molecule has 0 aliphatic heterocycles. The molecule has 0 bridgehead atoms. The molecule has 1 aromatic carbocycles. The Morgan fingerprint density at radius 1 is 1.32 bits per heavy atom. The molecular formula is C14H17N3OS. The number of thiazole rings is 1. The standard InChI is InChI=1S/C14H17N3OS/c1-4-10-5-7-11(8-6-10)17-13(18)12-9(2)16-14(15-3)19-12/h5-8H,4H2,1-3H3,(H,15,16)(H,17,18). The van der Waals surface area contributed by atoms with Gasteiger partial charge in [-0.3, -0.25) is 4.79 Å². The van der Waals surface area contributed by atoms with E-state index in [1.54, 1.807) is 7.05 Å². The minimum absolute atomic E-state index is 0.110. The molecule has 2 aromatic rings. The monoisotopic (exact) mass is 275 g/mol. The van der Waals surface area contributed by atoms with Crippen LogP contribution >= 0.6 is 11.3 Å². The van der Waals surface area contributed by atoms with Crippen molar-refractivity contribution in [2.75, 3.05) is 17.7 Å². The highest BCUT2D eigenvalue weighted by Crippen LogP contribution is 2.23. The van der Waals surface area contributed by atoms with Crippen molar-refractivity contribution in [2.45, 2.75) is 20.3 Å². The predicted molar refractivity (Wildman–Crippen MR) is 80.2 cm³/mol. The molecule has 1 aromatic heterocycles. The van der Waals surface area contributed by atoms with Crippen LogP contribution < -0.4 is 10.6 Å². The molecule has 0 spiro atoms. The Labute approximate surface area is 116 Å². The first-order chi connectivity index (χ1) is 9.13. The van der Waals surface area contributed by atoms with Crippen LogP contribution in [0.2, 0.25) is 0 Å². The fourth-order valence-corrected chi connectivity index (χ4v) is 2.54. The van der Waals surface area contributed by atoms with Crippen LogP contribution in [0.3, 0.4) is 0 Å². The second-order valence-corrected chi connectivity index (χ2v) is 5.19. The highest BCUT2D eigenvalue weighted by atomic mass is 32.1. The van der Waals surface area contributed by atoms with E-state index < -0.39 is 0 Å². The number of rotatable bonds is 4. The molecule has 5 heteroatoms. The van der Waals surface area contributed by atoms with Crippen LogP contribution in [-0.2, 0) is 6.42 Å². The zero-order valence-electron chi connectivity index (χ0n) is 11.3. The maximum Gasteiger partial charge on any atom is 0.267 e. The van der Waals surface area contributed by atoms with Crippen LogP contribution in [0, 0.1) is 6.92 Å². The van der Waals surface area contributed by atoms with Crippen molar-refractivity contribution in [3.8, 4) is 0 Å². The molecule has 0 radical (unpaired) electrons. The molecule has 0 aliphatic carbocycles. The fraction of sp³-hybridized carbons (Fsp3) is 0.286. The van der Waals surface area contributed by atoms with E-state index in [9.17, 15) is 4.79 Å². The van der Waals surface area contributed by atoms with Crippen LogP contribution in [0.15, 0.2) is 24.3 Å². The van der Waals surface area contributed by atoms with E-state index in [0.717, 1.165) is 22.9 Å². The molecule has 2 rings (SSSR count). The van der Waals surface area contributed by atoms with Gasteiger partial charge in [0.05, 0.1) is 5.69 Å². The second kappa shape index (κ2) is 5.84. The summed E-state index contributed by atoms with van der Waals surface area (Å²) >= 11 is 1.36. The minimum Gasteiger partial charge on any atom is -0.365 e. The van der Waals surface area contributed by atoms with Crippen molar-refractivity contribution in [3.63, 3.8) is 0 Å². The summed E-state index contributed by atoms with van der Waals surface area (Å²) < 4.78 is 0. The Balaban J connectivity index is 2.13. The molecule has 1 heterocycles. The van der Waals surface area contributed by atoms with Gasteiger partial charge in [0.15, 0.2) is 5.13 Å². The predicted octanol–water partition coefficient (Wildman–Crippen LogP) is 3.31. The molecule has 0 saturated carbocycles. The third-order valence-corrected chi connectivity index (χ3v) is 4.01. The van der Waals surface area contributed by atoms with Gasteiger partial charge in [0, 0.05) is 12.7 Å². The molecule has 0 fully saturated rings. The molecule has 2 N–H and O–H groups in total. The van der Waals surface area contributed by atoms with E-state index in [-0.39, 0.29) is 5.91 Å². The van der Waals surface area contributed by atoms with Crippen molar-refractivity contribution >= 4 is 28.1 Å². The zero-order chi connectivity index (χ0) is 13.8. The van der Waals surface area contributed by atoms with Crippen molar-refractivity contribution in [2.24, 2.45) is 0 Å². The molecule has 0 unspecified atom stereocenters. The number of aromatic nitrogens is 1. The molecule has 1 amide bonds. The van der Waals surface area contributed by atoms with Gasteiger partial charge in [0.25, 0.3) is 5.91 Å². The molecule has 0 saturated heterocycles. The van der Waals surface area contributed by atoms with Gasteiger partial charge in [-0.1, -0.05) is 30.4 Å². The van der Waals surface area contributed by atoms with Crippen molar-refractivity contribution in [1.29, 1.82) is 0 Å². The average molecular weight is 275 g/mol. The molecule has 19 heavy (non-hydrogen) atoms. The summed E-state index contributed by atoms with van der Waals surface area (Å²) in [5.41, 5.74) is 2.81. The van der Waals surface area contributed by atoms with E-state index in [0.29, 0.717) is 4.88 Å². The van der Waals surface area contributed by atoms with Gasteiger partial charge in [-0.2, -0.15) is 0 Å². The van der Waals surface area contributed by atoms with Gasteiger partial charge < -0.3 is 10.6 Å². The van der Waals surface area contributed by atoms with Crippen LogP contribution in [0.1, 0.15) is 27.9 Å². The number of amides is 1. The van der Waals surface area contributed by atoms with Crippen molar-refractivity contribution in [3.05, 3.63) is 40.4 Å². The van der Waals surface area contributed by atoms with Gasteiger partial charge in [0.1, 0.15) is 4.88 Å². The zero-order valence-corrected chi connectivity index (χ0v) is 12.1. The number of carbonyl (C=O) groups is 1. The lowest BCUT2D eigenvalue weighted by atomic mass is 10.1. The van der Waals surface area contributed by atoms with Crippen LogP contribution in [0.4, 0.5) is 10.8 Å². The maximum absolute atomic E-state index is 12.2. The number of nitrogens with one attached hydrogen (secondary N) is 2. The number of hydrogen-bond donors (Lipinski definition) is 2. The molecule has 100 valence electrons. The number of hydrogen-bond acceptors (Lipinski definition) is 4. The van der Waals surface area contributed by atoms with Crippen molar-refractivity contribution in [1.82, 2.24) is 4.98 Å². The summed E-state index contributed by atoms with van der Waals surface area (Å²) in [5.74, 6) is -0.110. The van der Waals surface area contributed by atoms with Gasteiger partial charge in [-0.15, -0.1) is 0 Å². The van der Waals surface area contributed by atoms with Gasteiger partial charge >= 0.3 is 0 Å². The van der Waals surface area contributed by atoms with Crippen molar-refractivity contribution < 1.29 is 4.79 Å². The Hall–Kier alpha value is -1.88. The van der Waals surface area contributed by atoms with Gasteiger partial charge in [-0.25, -0.2) is 4.98 Å². The van der Waals surface area contributed by atoms with Crippen LogP contribution in [0.25, 0.3) is 0 Å². The lowest BCUT2D eigenvalue weighted by Crippen LogP contribution is -2.11. The summed E-state index contributed by atoms with van der Waals surface area (Å²) in [7, 11) is 1.80. The molecule has 0 aliphatic rings. The van der Waals surface area contributed by atoms with Gasteiger partial charge in [-0.05, 0) is 31.0 Å². The van der Waals surface area contributed by atoms with E-state index in [4.69, 9.17) is 0 Å². The SMILES string of the molecule is CCc1ccc(NC(=O)c2sc(NC)nc2C)cc1. The summed E-state index contributed by atoms with van der Waals surface area (Å²) in [6.45, 7) is 3.94. The number of carbonyl (C=O) groups excluding carboxylic acids is 1. The Morgan fingerprint density at radius 2 is 2.00 bits per heavy atom. The third-order valence-electron chi connectivity index (χ3n) is 2.84. The van der Waals surface area contributed by atoms with Gasteiger partial charge in [0.2, 0.25) is 0 Å². The molecule has 0 atom stereocenters. The minimum atomic E-state index is -0.110. The third kappa shape index (κ3) is 3.12. The fourth-order valence-electron chi connectivity index (χ4n) is 1.73. The smallest absolute Gasteiger partial charge is 0.267 e. The van der Waals surface area contributed by atoms with E-state index in [1.165, 1.54) is 16.9 Å². The summed E-state index contributed by atoms with van der Waals surface area (Å²) in [6, 6.07) is 7.89. The summed E-state index contributed by atoms with van der Waals surface area (Å²) in [5, 5.41) is 6.59. The average Bonchev–Trinajstić information content (AvgIpc) is 2.81.